The van der Waals surface area contributed by atoms with Crippen LogP contribution in [0.2, 0.25) is 0 Å². The number of aromatic nitrogens is 1. The number of fused-ring (bicyclic) bond motifs is 1. The van der Waals surface area contributed by atoms with Crippen LogP contribution in [0.1, 0.15) is 46.1 Å². The van der Waals surface area contributed by atoms with Gasteiger partial charge in [0.1, 0.15) is 5.82 Å². The number of benzene rings is 3. The summed E-state index contributed by atoms with van der Waals surface area (Å²) in [5.41, 5.74) is 3.55. The van der Waals surface area contributed by atoms with Gasteiger partial charge in [-0.3, -0.25) is 9.59 Å². The maximum atomic E-state index is 14.1. The van der Waals surface area contributed by atoms with Crippen molar-refractivity contribution in [3.8, 4) is 0 Å². The lowest BCUT2D eigenvalue weighted by Gasteiger charge is -2.37. The third-order valence-corrected chi connectivity index (χ3v) is 7.64. The van der Waals surface area contributed by atoms with Crippen LogP contribution >= 0.6 is 11.8 Å². The van der Waals surface area contributed by atoms with Crippen LogP contribution in [0.4, 0.5) is 5.82 Å². The van der Waals surface area contributed by atoms with E-state index < -0.39 is 5.41 Å². The maximum Gasteiger partial charge on any atom is 0.229 e. The Morgan fingerprint density at radius 3 is 2.14 bits per heavy atom. The highest BCUT2D eigenvalue weighted by Crippen LogP contribution is 2.43. The minimum Gasteiger partial charge on any atom is -0.310 e. The predicted octanol–water partition coefficient (Wildman–Crippen LogP) is 6.49. The van der Waals surface area contributed by atoms with Gasteiger partial charge in [0.15, 0.2) is 5.78 Å². The summed E-state index contributed by atoms with van der Waals surface area (Å²) in [4.78, 5) is 32.6. The highest BCUT2D eigenvalue weighted by molar-refractivity contribution is 7.99. The van der Waals surface area contributed by atoms with Crippen LogP contribution in [0.3, 0.4) is 0 Å². The molecule has 5 heteroatoms. The topological polar surface area (TPSA) is 59.1 Å². The van der Waals surface area contributed by atoms with E-state index in [4.69, 9.17) is 0 Å². The second-order valence-corrected chi connectivity index (χ2v) is 10.3. The molecule has 0 aliphatic heterocycles. The number of Topliss-reactive ketones (excluding diaryl/α,β-unsaturated/α-hetero) is 1. The number of amides is 1. The van der Waals surface area contributed by atoms with Crippen molar-refractivity contribution in [2.24, 2.45) is 0 Å². The first kappa shape index (κ1) is 24.0. The summed E-state index contributed by atoms with van der Waals surface area (Å²) in [5.74, 6) is 1.43. The first-order valence-corrected chi connectivity index (χ1v) is 13.3. The number of carbonyl (C=O) groups is 2. The Morgan fingerprint density at radius 1 is 0.889 bits per heavy atom. The van der Waals surface area contributed by atoms with Gasteiger partial charge in [-0.25, -0.2) is 4.98 Å². The van der Waals surface area contributed by atoms with Crippen LogP contribution in [0.25, 0.3) is 0 Å². The van der Waals surface area contributed by atoms with Gasteiger partial charge in [-0.2, -0.15) is 0 Å². The number of hydrogen-bond acceptors (Lipinski definition) is 4. The molecule has 36 heavy (non-hydrogen) atoms. The molecule has 4 aromatic rings. The van der Waals surface area contributed by atoms with Gasteiger partial charge in [-0.1, -0.05) is 79.7 Å². The predicted molar refractivity (Wildman–Crippen MR) is 146 cm³/mol. The molecule has 3 aromatic carbocycles. The van der Waals surface area contributed by atoms with Crippen LogP contribution in [0, 0.1) is 0 Å². The van der Waals surface area contributed by atoms with Crippen molar-refractivity contribution in [1.82, 2.24) is 4.98 Å². The monoisotopic (exact) mass is 492 g/mol. The molecule has 5 rings (SSSR count). The maximum absolute atomic E-state index is 14.1. The molecule has 1 amide bonds. The fourth-order valence-electron chi connectivity index (χ4n) is 5.02. The van der Waals surface area contributed by atoms with E-state index in [1.54, 1.807) is 17.8 Å². The minimum absolute atomic E-state index is 0.0524. The summed E-state index contributed by atoms with van der Waals surface area (Å²) >= 11 is 1.78. The minimum atomic E-state index is -0.746. The van der Waals surface area contributed by atoms with Crippen molar-refractivity contribution < 1.29 is 9.59 Å². The Bertz CT molecular complexity index is 1330. The van der Waals surface area contributed by atoms with Crippen molar-refractivity contribution >= 4 is 29.3 Å². The average Bonchev–Trinajstić information content (AvgIpc) is 2.91. The van der Waals surface area contributed by atoms with Gasteiger partial charge in [0, 0.05) is 10.5 Å². The fourth-order valence-corrected chi connectivity index (χ4v) is 5.68. The van der Waals surface area contributed by atoms with Crippen LogP contribution in [0.15, 0.2) is 102 Å². The Balaban J connectivity index is 1.38. The molecule has 1 aromatic heterocycles. The highest BCUT2D eigenvalue weighted by atomic mass is 32.2. The van der Waals surface area contributed by atoms with Crippen molar-refractivity contribution in [2.45, 2.75) is 36.5 Å². The quantitative estimate of drug-likeness (QED) is 0.300. The van der Waals surface area contributed by atoms with Gasteiger partial charge in [0.2, 0.25) is 5.91 Å². The summed E-state index contributed by atoms with van der Waals surface area (Å²) in [6.07, 6.45) is 1.55. The standard InChI is InChI=1S/C31H28N2O2S/c1-2-36-25-15-13-22(14-16-25)21-29(34)33-28-18-17-26-27(32-28)19-20-31(30(26)35,23-9-5-3-6-10-23)24-11-7-4-8-12-24/h3-18H,2,19-21H2,1H3,(H,32,33,34). The lowest BCUT2D eigenvalue weighted by Crippen LogP contribution is -2.41. The molecule has 0 atom stereocenters. The van der Waals surface area contributed by atoms with E-state index in [1.807, 2.05) is 91.0 Å². The fraction of sp³-hybridized carbons (Fsp3) is 0.194. The number of ketones is 1. The number of nitrogens with one attached hydrogen (secondary N) is 1. The Labute approximate surface area is 216 Å². The van der Waals surface area contributed by atoms with Crippen LogP contribution in [-0.2, 0) is 23.1 Å². The van der Waals surface area contributed by atoms with Crippen molar-refractivity contribution in [3.63, 3.8) is 0 Å². The summed E-state index contributed by atoms with van der Waals surface area (Å²) in [6.45, 7) is 2.12. The van der Waals surface area contributed by atoms with E-state index in [9.17, 15) is 9.59 Å². The summed E-state index contributed by atoms with van der Waals surface area (Å²) in [6, 6.07) is 31.6. The van der Waals surface area contributed by atoms with Gasteiger partial charge in [0.05, 0.1) is 17.5 Å². The molecular formula is C31H28N2O2S. The zero-order chi connectivity index (χ0) is 25.0. The number of hydrogen-bond donors (Lipinski definition) is 1. The third-order valence-electron chi connectivity index (χ3n) is 6.74. The van der Waals surface area contributed by atoms with E-state index >= 15 is 0 Å². The lowest BCUT2D eigenvalue weighted by molar-refractivity contribution is -0.115. The average molecular weight is 493 g/mol. The molecule has 0 unspecified atom stereocenters. The molecule has 0 spiro atoms. The Kier molecular flexibility index (Phi) is 7.01. The first-order chi connectivity index (χ1) is 17.6. The number of nitrogens with zero attached hydrogens (tertiary/aromatic N) is 1. The molecule has 4 nitrogen and oxygen atoms in total. The highest BCUT2D eigenvalue weighted by Gasteiger charge is 2.45. The number of anilines is 1. The van der Waals surface area contributed by atoms with E-state index in [-0.39, 0.29) is 18.1 Å². The largest absolute Gasteiger partial charge is 0.310 e. The smallest absolute Gasteiger partial charge is 0.229 e. The second kappa shape index (κ2) is 10.5. The number of carbonyl (C=O) groups excluding carboxylic acids is 2. The molecule has 0 saturated carbocycles. The van der Waals surface area contributed by atoms with E-state index in [0.29, 0.717) is 24.2 Å². The van der Waals surface area contributed by atoms with Gasteiger partial charge in [0.25, 0.3) is 0 Å². The van der Waals surface area contributed by atoms with Crippen LogP contribution in [-0.4, -0.2) is 22.4 Å². The molecule has 1 N–H and O–H groups in total. The SMILES string of the molecule is CCSc1ccc(CC(=O)Nc2ccc3c(n2)CCC(c2ccccc2)(c2ccccc2)C3=O)cc1. The summed E-state index contributed by atoms with van der Waals surface area (Å²) in [5, 5.41) is 2.91. The normalized spacial score (nSPS) is 14.2. The van der Waals surface area contributed by atoms with E-state index in [1.165, 1.54) is 4.90 Å². The molecular weight excluding hydrogens is 464 g/mol. The molecule has 0 fully saturated rings. The number of thioether (sulfide) groups is 1. The molecule has 0 saturated heterocycles. The van der Waals surface area contributed by atoms with Gasteiger partial charge >= 0.3 is 0 Å². The number of pyridine rings is 1. The molecule has 0 radical (unpaired) electrons. The van der Waals surface area contributed by atoms with Crippen molar-refractivity contribution in [1.29, 1.82) is 0 Å². The number of aryl methyl sites for hydroxylation is 1. The summed E-state index contributed by atoms with van der Waals surface area (Å²) in [7, 11) is 0. The van der Waals surface area contributed by atoms with E-state index in [0.717, 1.165) is 28.1 Å². The van der Waals surface area contributed by atoms with Gasteiger partial charge in [-0.05, 0) is 59.6 Å². The molecule has 1 aliphatic carbocycles. The zero-order valence-corrected chi connectivity index (χ0v) is 21.1. The Morgan fingerprint density at radius 2 is 1.53 bits per heavy atom. The lowest BCUT2D eigenvalue weighted by atomic mass is 9.63. The molecule has 1 aliphatic rings. The molecule has 0 bridgehead atoms. The molecule has 1 heterocycles. The van der Waals surface area contributed by atoms with Crippen molar-refractivity contribution in [2.75, 3.05) is 11.1 Å². The zero-order valence-electron chi connectivity index (χ0n) is 20.2. The van der Waals surface area contributed by atoms with Crippen LogP contribution in [0.5, 0.6) is 0 Å². The Hall–Kier alpha value is -3.70. The van der Waals surface area contributed by atoms with Gasteiger partial charge < -0.3 is 5.32 Å². The van der Waals surface area contributed by atoms with Gasteiger partial charge in [-0.15, -0.1) is 11.8 Å². The first-order valence-electron chi connectivity index (χ1n) is 12.3. The second-order valence-electron chi connectivity index (χ2n) is 8.96. The van der Waals surface area contributed by atoms with Crippen molar-refractivity contribution in [3.05, 3.63) is 125 Å². The third kappa shape index (κ3) is 4.71. The summed E-state index contributed by atoms with van der Waals surface area (Å²) < 4.78 is 0. The molecule has 180 valence electrons. The van der Waals surface area contributed by atoms with Crippen LogP contribution < -0.4 is 5.32 Å². The van der Waals surface area contributed by atoms with E-state index in [2.05, 4.69) is 17.2 Å². The number of rotatable bonds is 7.